The van der Waals surface area contributed by atoms with Crippen LogP contribution in [0.4, 0.5) is 42.5 Å². The molecule has 0 atom stereocenters. The first-order chi connectivity index (χ1) is 19.5. The molecule has 0 spiro atoms. The molecule has 15 heteroatoms. The quantitative estimate of drug-likeness (QED) is 0.254. The topological polar surface area (TPSA) is 86.3 Å². The van der Waals surface area contributed by atoms with Crippen LogP contribution in [0.1, 0.15) is 39.7 Å². The second-order valence-electron chi connectivity index (χ2n) is 9.96. The summed E-state index contributed by atoms with van der Waals surface area (Å²) in [5, 5.41) is 0. The summed E-state index contributed by atoms with van der Waals surface area (Å²) in [6, 6.07) is 4.77. The Kier molecular flexibility index (Phi) is 9.75. The monoisotopic (exact) mass is 603 g/mol. The molecule has 2 aromatic rings. The van der Waals surface area contributed by atoms with Gasteiger partial charge >= 0.3 is 24.5 Å². The molecule has 3 rings (SSSR count). The van der Waals surface area contributed by atoms with E-state index in [-0.39, 0.29) is 30.1 Å². The molecule has 42 heavy (non-hydrogen) atoms. The van der Waals surface area contributed by atoms with E-state index in [1.165, 1.54) is 31.1 Å². The Labute approximate surface area is 238 Å². The Morgan fingerprint density at radius 2 is 1.60 bits per heavy atom. The molecule has 9 nitrogen and oxygen atoms in total. The predicted molar refractivity (Wildman–Crippen MR) is 141 cm³/mol. The van der Waals surface area contributed by atoms with Crippen molar-refractivity contribution >= 4 is 29.2 Å². The molecule has 4 amide bonds. The standard InChI is InChI=1S/C27H31F6N5O4/c1-5-35(6-2)14-7-15-36(23(40)26(28,29)30)20-16-19(8-9-21(20)42-27(31,32)33)38-22(39)25(3,4)37(24(38)41)17-18-10-12-34-13-11-18/h8-13,16H,5-7,14-15,17H2,1-4H3. The van der Waals surface area contributed by atoms with Crippen molar-refractivity contribution in [2.24, 2.45) is 0 Å². The van der Waals surface area contributed by atoms with Gasteiger partial charge in [0.15, 0.2) is 5.75 Å². The fraction of sp³-hybridized carbons (Fsp3) is 0.481. The summed E-state index contributed by atoms with van der Waals surface area (Å²) in [4.78, 5) is 47.2. The molecule has 2 heterocycles. The van der Waals surface area contributed by atoms with Crippen molar-refractivity contribution in [2.45, 2.75) is 58.7 Å². The summed E-state index contributed by atoms with van der Waals surface area (Å²) >= 11 is 0. The van der Waals surface area contributed by atoms with Crippen LogP contribution < -0.4 is 14.5 Å². The number of halogens is 6. The van der Waals surface area contributed by atoms with Crippen molar-refractivity contribution < 1.29 is 45.5 Å². The second kappa shape index (κ2) is 12.5. The Morgan fingerprint density at radius 3 is 2.14 bits per heavy atom. The average molecular weight is 604 g/mol. The molecule has 0 saturated carbocycles. The number of pyridine rings is 1. The van der Waals surface area contributed by atoms with E-state index in [2.05, 4.69) is 9.72 Å². The molecule has 0 aliphatic carbocycles. The fourth-order valence-electron chi connectivity index (χ4n) is 4.54. The maximum atomic E-state index is 13.7. The van der Waals surface area contributed by atoms with Crippen LogP contribution in [0.15, 0.2) is 42.7 Å². The van der Waals surface area contributed by atoms with E-state index >= 15 is 0 Å². The van der Waals surface area contributed by atoms with E-state index in [1.807, 2.05) is 18.7 Å². The Hall–Kier alpha value is -3.88. The molecule has 1 saturated heterocycles. The van der Waals surface area contributed by atoms with Crippen molar-refractivity contribution in [3.8, 4) is 5.75 Å². The number of anilines is 2. The molecule has 1 aromatic heterocycles. The fourth-order valence-corrected chi connectivity index (χ4v) is 4.54. The molecule has 230 valence electrons. The number of amides is 4. The normalized spacial score (nSPS) is 15.5. The van der Waals surface area contributed by atoms with Gasteiger partial charge in [0, 0.05) is 25.5 Å². The van der Waals surface area contributed by atoms with Gasteiger partial charge in [-0.2, -0.15) is 13.2 Å². The van der Waals surface area contributed by atoms with Gasteiger partial charge < -0.3 is 19.4 Å². The Morgan fingerprint density at radius 1 is 0.976 bits per heavy atom. The minimum absolute atomic E-state index is 0.0203. The molecule has 1 fully saturated rings. The Balaban J connectivity index is 2.09. The van der Waals surface area contributed by atoms with Crippen LogP contribution in [0.3, 0.4) is 0 Å². The lowest BCUT2D eigenvalue weighted by Gasteiger charge is -2.28. The molecular weight excluding hydrogens is 572 g/mol. The van der Waals surface area contributed by atoms with Crippen LogP contribution in [0.2, 0.25) is 0 Å². The number of hydrogen-bond acceptors (Lipinski definition) is 6. The zero-order chi connectivity index (χ0) is 31.5. The van der Waals surface area contributed by atoms with Gasteiger partial charge in [0.2, 0.25) is 0 Å². The van der Waals surface area contributed by atoms with Crippen LogP contribution in [0, 0.1) is 0 Å². The lowest BCUT2D eigenvalue weighted by Crippen LogP contribution is -2.43. The molecule has 1 aliphatic rings. The van der Waals surface area contributed by atoms with E-state index < -0.39 is 53.9 Å². The number of rotatable bonds is 11. The van der Waals surface area contributed by atoms with E-state index in [1.54, 1.807) is 12.1 Å². The van der Waals surface area contributed by atoms with Gasteiger partial charge in [0.1, 0.15) is 5.54 Å². The number of alkyl halides is 6. The number of aromatic nitrogens is 1. The third kappa shape index (κ3) is 7.30. The summed E-state index contributed by atoms with van der Waals surface area (Å²) in [5.41, 5.74) is -2.01. The van der Waals surface area contributed by atoms with Gasteiger partial charge in [0.05, 0.1) is 11.4 Å². The number of hydrogen-bond donors (Lipinski definition) is 0. The van der Waals surface area contributed by atoms with E-state index in [9.17, 15) is 40.7 Å². The maximum absolute atomic E-state index is 13.7. The van der Waals surface area contributed by atoms with E-state index in [4.69, 9.17) is 0 Å². The highest BCUT2D eigenvalue weighted by atomic mass is 19.4. The predicted octanol–water partition coefficient (Wildman–Crippen LogP) is 5.35. The van der Waals surface area contributed by atoms with Crippen LogP contribution in [-0.2, 0) is 16.1 Å². The van der Waals surface area contributed by atoms with E-state index in [0.717, 1.165) is 12.1 Å². The van der Waals surface area contributed by atoms with Gasteiger partial charge in [0.25, 0.3) is 5.91 Å². The Bertz CT molecular complexity index is 1280. The number of urea groups is 1. The van der Waals surface area contributed by atoms with Crippen molar-refractivity contribution in [3.63, 3.8) is 0 Å². The minimum Gasteiger partial charge on any atom is -0.404 e. The first kappa shape index (κ1) is 32.6. The lowest BCUT2D eigenvalue weighted by molar-refractivity contribution is -0.274. The zero-order valence-electron chi connectivity index (χ0n) is 23.4. The van der Waals surface area contributed by atoms with Crippen LogP contribution in [0.25, 0.3) is 0 Å². The van der Waals surface area contributed by atoms with Crippen molar-refractivity contribution in [1.29, 1.82) is 0 Å². The minimum atomic E-state index is -5.44. The third-order valence-electron chi connectivity index (χ3n) is 6.87. The molecule has 0 radical (unpaired) electrons. The third-order valence-corrected chi connectivity index (χ3v) is 6.87. The van der Waals surface area contributed by atoms with Crippen molar-refractivity contribution in [3.05, 3.63) is 48.3 Å². The van der Waals surface area contributed by atoms with Gasteiger partial charge in [-0.15, -0.1) is 13.2 Å². The number of imide groups is 1. The van der Waals surface area contributed by atoms with Crippen LogP contribution in [-0.4, -0.2) is 76.9 Å². The smallest absolute Gasteiger partial charge is 0.404 e. The largest absolute Gasteiger partial charge is 0.573 e. The molecule has 0 N–H and O–H groups in total. The zero-order valence-corrected chi connectivity index (χ0v) is 23.4. The first-order valence-electron chi connectivity index (χ1n) is 13.1. The highest BCUT2D eigenvalue weighted by Gasteiger charge is 2.52. The molecule has 0 unspecified atom stereocenters. The van der Waals surface area contributed by atoms with E-state index in [0.29, 0.717) is 29.6 Å². The summed E-state index contributed by atoms with van der Waals surface area (Å²) in [7, 11) is 0. The summed E-state index contributed by atoms with van der Waals surface area (Å²) in [5.74, 6) is -4.30. The maximum Gasteiger partial charge on any atom is 0.573 e. The second-order valence-corrected chi connectivity index (χ2v) is 9.96. The summed E-state index contributed by atoms with van der Waals surface area (Å²) < 4.78 is 84.8. The number of carbonyl (C=O) groups is 3. The van der Waals surface area contributed by atoms with Gasteiger partial charge in [-0.25, -0.2) is 9.69 Å². The van der Waals surface area contributed by atoms with Gasteiger partial charge in [-0.05, 0) is 75.8 Å². The number of carbonyl (C=O) groups excluding carboxylic acids is 3. The number of ether oxygens (including phenoxy) is 1. The first-order valence-corrected chi connectivity index (χ1v) is 13.1. The number of nitrogens with zero attached hydrogens (tertiary/aromatic N) is 5. The molecular formula is C27H31F6N5O4. The summed E-state index contributed by atoms with van der Waals surface area (Å²) in [6.07, 6.45) is -7.80. The molecule has 0 bridgehead atoms. The van der Waals surface area contributed by atoms with Gasteiger partial charge in [-0.3, -0.25) is 14.6 Å². The van der Waals surface area contributed by atoms with Gasteiger partial charge in [-0.1, -0.05) is 13.8 Å². The van der Waals surface area contributed by atoms with Crippen molar-refractivity contribution in [1.82, 2.24) is 14.8 Å². The van der Waals surface area contributed by atoms with Crippen molar-refractivity contribution in [2.75, 3.05) is 36.0 Å². The summed E-state index contributed by atoms with van der Waals surface area (Å²) in [6.45, 7) is 7.31. The lowest BCUT2D eigenvalue weighted by atomic mass is 10.0. The average Bonchev–Trinajstić information content (AvgIpc) is 3.07. The SMILES string of the molecule is CCN(CC)CCCN(C(=O)C(F)(F)F)c1cc(N2C(=O)N(Cc3ccncc3)C(C)(C)C2=O)ccc1OC(F)(F)F. The highest BCUT2D eigenvalue weighted by molar-refractivity contribution is 6.23. The van der Waals surface area contributed by atoms with Crippen LogP contribution in [0.5, 0.6) is 5.75 Å². The highest BCUT2D eigenvalue weighted by Crippen LogP contribution is 2.41. The molecule has 1 aromatic carbocycles. The number of benzene rings is 1. The molecule has 1 aliphatic heterocycles. The van der Waals surface area contributed by atoms with Crippen LogP contribution >= 0.6 is 0 Å².